The Morgan fingerprint density at radius 2 is 1.93 bits per heavy atom. The molecule has 208 valence electrons. The van der Waals surface area contributed by atoms with Gasteiger partial charge in [-0.2, -0.15) is 0 Å². The fourth-order valence-electron chi connectivity index (χ4n) is 4.38. The van der Waals surface area contributed by atoms with Gasteiger partial charge in [-0.05, 0) is 62.2 Å². The van der Waals surface area contributed by atoms with E-state index in [1.54, 1.807) is 45.0 Å². The number of benzene rings is 2. The van der Waals surface area contributed by atoms with Crippen molar-refractivity contribution in [1.82, 2.24) is 4.98 Å². The molecule has 1 aliphatic heterocycles. The number of aryl methyl sites for hydroxylation is 2. The van der Waals surface area contributed by atoms with Crippen LogP contribution in [-0.4, -0.2) is 53.2 Å². The quantitative estimate of drug-likeness (QED) is 0.123. The molecule has 0 radical (unpaired) electrons. The Morgan fingerprint density at radius 1 is 1.18 bits per heavy atom. The fourth-order valence-corrected chi connectivity index (χ4v) is 5.39. The summed E-state index contributed by atoms with van der Waals surface area (Å²) in [5.41, 5.74) is 1.43. The lowest BCUT2D eigenvalue weighted by atomic mass is 9.93. The summed E-state index contributed by atoms with van der Waals surface area (Å²) < 4.78 is 15.9. The second-order valence-corrected chi connectivity index (χ2v) is 9.79. The Labute approximate surface area is 234 Å². The summed E-state index contributed by atoms with van der Waals surface area (Å²) in [5.74, 6) is -2.36. The first-order valence-electron chi connectivity index (χ1n) is 12.3. The number of anilines is 1. The van der Waals surface area contributed by atoms with E-state index >= 15 is 0 Å². The molecule has 1 amide bonds. The zero-order chi connectivity index (χ0) is 29.1. The van der Waals surface area contributed by atoms with Gasteiger partial charge in [0.05, 0.1) is 31.0 Å². The normalized spacial score (nSPS) is 16.2. The van der Waals surface area contributed by atoms with Crippen LogP contribution < -0.4 is 14.4 Å². The Hall–Kier alpha value is -4.64. The van der Waals surface area contributed by atoms with Crippen LogP contribution in [0, 0.1) is 13.8 Å². The number of nitrogens with zero attached hydrogens (tertiary/aromatic N) is 2. The summed E-state index contributed by atoms with van der Waals surface area (Å²) in [6, 6.07) is 8.18. The van der Waals surface area contributed by atoms with Gasteiger partial charge in [-0.3, -0.25) is 14.5 Å². The van der Waals surface area contributed by atoms with Crippen LogP contribution in [0.4, 0.5) is 5.13 Å². The Balaban J connectivity index is 1.94. The van der Waals surface area contributed by atoms with E-state index in [2.05, 4.69) is 11.6 Å². The number of hydrogen-bond acceptors (Lipinski definition) is 10. The number of aliphatic hydroxyl groups is 1. The molecular formula is C29H28N2O8S. The van der Waals surface area contributed by atoms with Crippen molar-refractivity contribution in [2.75, 3.05) is 25.2 Å². The van der Waals surface area contributed by atoms with Gasteiger partial charge >= 0.3 is 11.9 Å². The lowest BCUT2D eigenvalue weighted by Gasteiger charge is -2.24. The maximum atomic E-state index is 13.5. The largest absolute Gasteiger partial charge is 0.507 e. The van der Waals surface area contributed by atoms with Crippen LogP contribution in [0.1, 0.15) is 45.0 Å². The van der Waals surface area contributed by atoms with Crippen LogP contribution in [0.15, 0.2) is 54.6 Å². The number of ketones is 1. The number of carbonyl (C=O) groups excluding carboxylic acids is 3. The monoisotopic (exact) mass is 564 g/mol. The van der Waals surface area contributed by atoms with Crippen LogP contribution in [0.25, 0.3) is 5.76 Å². The molecule has 2 N–H and O–H groups in total. The average Bonchev–Trinajstić information content (AvgIpc) is 3.44. The van der Waals surface area contributed by atoms with Crippen LogP contribution in [0.3, 0.4) is 0 Å². The van der Waals surface area contributed by atoms with E-state index < -0.39 is 29.5 Å². The van der Waals surface area contributed by atoms with Crippen molar-refractivity contribution in [2.24, 2.45) is 0 Å². The van der Waals surface area contributed by atoms with E-state index in [4.69, 9.17) is 14.2 Å². The van der Waals surface area contributed by atoms with E-state index in [-0.39, 0.29) is 33.7 Å². The first-order valence-corrected chi connectivity index (χ1v) is 13.1. The van der Waals surface area contributed by atoms with Crippen molar-refractivity contribution in [1.29, 1.82) is 0 Å². The van der Waals surface area contributed by atoms with Gasteiger partial charge in [0.1, 0.15) is 23.0 Å². The summed E-state index contributed by atoms with van der Waals surface area (Å²) in [4.78, 5) is 45.0. The molecule has 40 heavy (non-hydrogen) atoms. The van der Waals surface area contributed by atoms with Crippen molar-refractivity contribution >= 4 is 39.9 Å². The number of esters is 1. The van der Waals surface area contributed by atoms with Gasteiger partial charge in [-0.15, -0.1) is 0 Å². The summed E-state index contributed by atoms with van der Waals surface area (Å²) >= 11 is 0.891. The number of ether oxygens (including phenoxy) is 3. The molecule has 1 aromatic heterocycles. The number of phenols is 1. The highest BCUT2D eigenvalue weighted by atomic mass is 32.1. The molecule has 1 fully saturated rings. The number of aliphatic hydroxyl groups excluding tert-OH is 1. The second kappa shape index (κ2) is 11.6. The van der Waals surface area contributed by atoms with E-state index in [0.717, 1.165) is 16.2 Å². The third-order valence-electron chi connectivity index (χ3n) is 6.23. The molecule has 0 bridgehead atoms. The smallest absolute Gasteiger partial charge is 0.350 e. The number of carbonyl (C=O) groups is 3. The Morgan fingerprint density at radius 3 is 2.58 bits per heavy atom. The van der Waals surface area contributed by atoms with Gasteiger partial charge in [0.15, 0.2) is 16.6 Å². The molecule has 2 heterocycles. The summed E-state index contributed by atoms with van der Waals surface area (Å²) in [6.07, 6.45) is 1.60. The molecule has 4 rings (SSSR count). The maximum Gasteiger partial charge on any atom is 0.350 e. The van der Waals surface area contributed by atoms with Crippen LogP contribution in [-0.2, 0) is 14.3 Å². The van der Waals surface area contributed by atoms with E-state index in [0.29, 0.717) is 34.7 Å². The standard InChI is InChI=1S/C29H28N2O8S/c1-6-12-39-18-9-10-19(15(3)13-18)24(33)22-23(17-8-11-20(32)21(14-17)38-7-2)31(27(35)25(22)34)29-30-16(4)26(40-29)28(36)37-5/h6,8-11,13-14,23,32-33H,1,7,12H2,2-5H3. The minimum absolute atomic E-state index is 0.0694. The lowest BCUT2D eigenvalue weighted by Crippen LogP contribution is -2.29. The Bertz CT molecular complexity index is 1540. The van der Waals surface area contributed by atoms with E-state index in [9.17, 15) is 24.6 Å². The first-order chi connectivity index (χ1) is 19.1. The first kappa shape index (κ1) is 28.4. The molecule has 1 atom stereocenters. The topological polar surface area (TPSA) is 135 Å². The van der Waals surface area contributed by atoms with Crippen molar-refractivity contribution < 1.29 is 38.8 Å². The van der Waals surface area contributed by atoms with Gasteiger partial charge in [-0.25, -0.2) is 9.78 Å². The number of thiazole rings is 1. The molecule has 11 heteroatoms. The van der Waals surface area contributed by atoms with Crippen molar-refractivity contribution in [2.45, 2.75) is 26.8 Å². The summed E-state index contributed by atoms with van der Waals surface area (Å²) in [6.45, 7) is 9.24. The highest BCUT2D eigenvalue weighted by Gasteiger charge is 2.48. The number of Topliss-reactive ketones (excluding diaryl/α,β-unsaturated/α-hetero) is 1. The van der Waals surface area contributed by atoms with E-state index in [1.165, 1.54) is 25.3 Å². The molecule has 1 saturated heterocycles. The zero-order valence-corrected chi connectivity index (χ0v) is 23.2. The highest BCUT2D eigenvalue weighted by molar-refractivity contribution is 7.17. The molecular weight excluding hydrogens is 536 g/mol. The molecule has 0 saturated carbocycles. The number of hydrogen-bond donors (Lipinski definition) is 2. The molecule has 0 spiro atoms. The molecule has 2 aromatic carbocycles. The number of phenolic OH excluding ortho intramolecular Hbond substituents is 1. The van der Waals surface area contributed by atoms with Crippen LogP contribution in [0.2, 0.25) is 0 Å². The van der Waals surface area contributed by atoms with Gasteiger partial charge in [0.25, 0.3) is 5.78 Å². The number of amides is 1. The summed E-state index contributed by atoms with van der Waals surface area (Å²) in [7, 11) is 1.23. The third kappa shape index (κ3) is 5.15. The number of aromatic hydroxyl groups is 1. The van der Waals surface area contributed by atoms with Gasteiger partial charge in [0.2, 0.25) is 0 Å². The maximum absolute atomic E-state index is 13.5. The van der Waals surface area contributed by atoms with Crippen LogP contribution >= 0.6 is 11.3 Å². The van der Waals surface area contributed by atoms with Crippen molar-refractivity contribution in [3.05, 3.63) is 81.9 Å². The predicted octanol–water partition coefficient (Wildman–Crippen LogP) is 4.84. The predicted molar refractivity (Wildman–Crippen MR) is 149 cm³/mol. The van der Waals surface area contributed by atoms with Crippen molar-refractivity contribution in [3.8, 4) is 17.2 Å². The van der Waals surface area contributed by atoms with Crippen molar-refractivity contribution in [3.63, 3.8) is 0 Å². The van der Waals surface area contributed by atoms with Gasteiger partial charge < -0.3 is 24.4 Å². The molecule has 0 aliphatic carbocycles. The van der Waals surface area contributed by atoms with Gasteiger partial charge in [0, 0.05) is 5.56 Å². The number of rotatable bonds is 9. The van der Waals surface area contributed by atoms with Gasteiger partial charge in [-0.1, -0.05) is 30.1 Å². The molecule has 1 unspecified atom stereocenters. The molecule has 10 nitrogen and oxygen atoms in total. The average molecular weight is 565 g/mol. The van der Waals surface area contributed by atoms with E-state index in [1.807, 2.05) is 0 Å². The SMILES string of the molecule is C=CCOc1ccc(C(O)=C2C(=O)C(=O)N(c3nc(C)c(C(=O)OC)s3)C2c2ccc(O)c(OCC)c2)c(C)c1. The molecule has 1 aliphatic rings. The lowest BCUT2D eigenvalue weighted by molar-refractivity contribution is -0.132. The second-order valence-electron chi connectivity index (χ2n) is 8.81. The van der Waals surface area contributed by atoms with Crippen LogP contribution in [0.5, 0.6) is 17.2 Å². The summed E-state index contributed by atoms with van der Waals surface area (Å²) in [5, 5.41) is 21.9. The molecule has 3 aromatic rings. The zero-order valence-electron chi connectivity index (χ0n) is 22.4. The highest BCUT2D eigenvalue weighted by Crippen LogP contribution is 2.45. The fraction of sp³-hybridized carbons (Fsp3) is 0.241. The number of aromatic nitrogens is 1. The third-order valence-corrected chi connectivity index (χ3v) is 7.36. The Kier molecular flexibility index (Phi) is 8.24. The minimum atomic E-state index is -1.15. The number of methoxy groups -OCH3 is 1. The minimum Gasteiger partial charge on any atom is -0.507 e.